The smallest absolute Gasteiger partial charge is 0.310 e. The van der Waals surface area contributed by atoms with Crippen molar-refractivity contribution in [2.24, 2.45) is 5.92 Å². The van der Waals surface area contributed by atoms with Crippen LogP contribution in [0, 0.1) is 5.92 Å². The summed E-state index contributed by atoms with van der Waals surface area (Å²) in [7, 11) is 0. The lowest BCUT2D eigenvalue weighted by Crippen LogP contribution is -2.09. The van der Waals surface area contributed by atoms with Crippen LogP contribution in [0.5, 0.6) is 0 Å². The first-order valence-electron chi connectivity index (χ1n) is 4.22. The van der Waals surface area contributed by atoms with Gasteiger partial charge in [0.25, 0.3) is 0 Å². The minimum atomic E-state index is -1.71. The summed E-state index contributed by atoms with van der Waals surface area (Å²) in [6.45, 7) is 0. The summed E-state index contributed by atoms with van der Waals surface area (Å²) < 4.78 is 13.9. The van der Waals surface area contributed by atoms with Crippen molar-refractivity contribution >= 4 is 17.6 Å². The fraction of sp³-hybridized carbons (Fsp3) is 0.300. The van der Waals surface area contributed by atoms with Crippen LogP contribution in [0.15, 0.2) is 24.3 Å². The van der Waals surface area contributed by atoms with Gasteiger partial charge in [0.15, 0.2) is 0 Å². The second-order valence-electron chi connectivity index (χ2n) is 3.47. The van der Waals surface area contributed by atoms with E-state index in [1.165, 1.54) is 6.07 Å². The molecule has 1 aliphatic rings. The molecule has 2 atom stereocenters. The highest BCUT2D eigenvalue weighted by Gasteiger charge is 2.61. The number of halogens is 2. The summed E-state index contributed by atoms with van der Waals surface area (Å²) in [5.74, 6) is -2.01. The Balaban J connectivity index is 2.30. The predicted molar refractivity (Wildman–Crippen MR) is 50.0 cm³/mol. The van der Waals surface area contributed by atoms with E-state index in [-0.39, 0.29) is 6.42 Å². The Hall–Kier alpha value is -1.09. The van der Waals surface area contributed by atoms with Crippen LogP contribution in [-0.2, 0) is 10.5 Å². The first-order chi connectivity index (χ1) is 6.54. The van der Waals surface area contributed by atoms with E-state index in [0.717, 1.165) is 0 Å². The predicted octanol–water partition coefficient (Wildman–Crippen LogP) is 2.61. The number of benzene rings is 1. The molecule has 74 valence electrons. The zero-order valence-electron chi connectivity index (χ0n) is 7.21. The van der Waals surface area contributed by atoms with Gasteiger partial charge in [-0.3, -0.25) is 4.79 Å². The summed E-state index contributed by atoms with van der Waals surface area (Å²) in [6, 6.07) is 6.29. The van der Waals surface area contributed by atoms with Gasteiger partial charge < -0.3 is 5.11 Å². The first kappa shape index (κ1) is 9.46. The minimum Gasteiger partial charge on any atom is -0.481 e. The van der Waals surface area contributed by atoms with Gasteiger partial charge in [-0.15, -0.1) is 0 Å². The van der Waals surface area contributed by atoms with Crippen LogP contribution >= 0.6 is 11.6 Å². The normalized spacial score (nSPS) is 30.0. The summed E-state index contributed by atoms with van der Waals surface area (Å²) >= 11 is 5.69. The number of alkyl halides is 1. The van der Waals surface area contributed by atoms with Crippen molar-refractivity contribution in [2.75, 3.05) is 0 Å². The summed E-state index contributed by atoms with van der Waals surface area (Å²) in [4.78, 5) is 10.6. The lowest BCUT2D eigenvalue weighted by atomic mass is 10.1. The molecule has 1 fully saturated rings. The fourth-order valence-electron chi connectivity index (χ4n) is 1.59. The molecule has 1 saturated carbocycles. The van der Waals surface area contributed by atoms with Crippen LogP contribution in [-0.4, -0.2) is 11.1 Å². The molecule has 0 aliphatic heterocycles. The molecule has 2 rings (SSSR count). The van der Waals surface area contributed by atoms with Crippen molar-refractivity contribution in [3.8, 4) is 0 Å². The molecule has 0 bridgehead atoms. The molecule has 0 radical (unpaired) electrons. The van der Waals surface area contributed by atoms with Gasteiger partial charge in [0.2, 0.25) is 0 Å². The van der Waals surface area contributed by atoms with Gasteiger partial charge in [-0.05, 0) is 17.7 Å². The Morgan fingerprint density at radius 1 is 1.64 bits per heavy atom. The number of hydrogen-bond donors (Lipinski definition) is 1. The lowest BCUT2D eigenvalue weighted by Gasteiger charge is -2.06. The second-order valence-corrected chi connectivity index (χ2v) is 3.90. The molecule has 4 heteroatoms. The maximum Gasteiger partial charge on any atom is 0.310 e. The van der Waals surface area contributed by atoms with Crippen molar-refractivity contribution in [3.63, 3.8) is 0 Å². The highest BCUT2D eigenvalue weighted by molar-refractivity contribution is 6.30. The Morgan fingerprint density at radius 3 is 2.86 bits per heavy atom. The summed E-state index contributed by atoms with van der Waals surface area (Å²) in [6.07, 6.45) is 0.0443. The van der Waals surface area contributed by atoms with Gasteiger partial charge in [0.1, 0.15) is 5.67 Å². The van der Waals surface area contributed by atoms with E-state index in [2.05, 4.69) is 0 Å². The van der Waals surface area contributed by atoms with Crippen LogP contribution in [0.25, 0.3) is 0 Å². The highest BCUT2D eigenvalue weighted by Crippen LogP contribution is 2.55. The molecule has 2 nitrogen and oxygen atoms in total. The van der Waals surface area contributed by atoms with E-state index in [4.69, 9.17) is 16.7 Å². The molecule has 0 spiro atoms. The summed E-state index contributed by atoms with van der Waals surface area (Å²) in [5, 5.41) is 9.07. The maximum absolute atomic E-state index is 13.9. The number of rotatable bonds is 2. The highest BCUT2D eigenvalue weighted by atomic mass is 35.5. The van der Waals surface area contributed by atoms with Crippen molar-refractivity contribution in [3.05, 3.63) is 34.9 Å². The number of carboxylic acids is 1. The SMILES string of the molecule is O=C(O)[C@@H]1C[C@]1(F)c1cccc(Cl)c1. The number of carbonyl (C=O) groups is 1. The van der Waals surface area contributed by atoms with Crippen molar-refractivity contribution in [1.29, 1.82) is 0 Å². The van der Waals surface area contributed by atoms with Gasteiger partial charge >= 0.3 is 5.97 Å². The van der Waals surface area contributed by atoms with Crippen LogP contribution in [0.2, 0.25) is 5.02 Å². The molecular weight excluding hydrogens is 207 g/mol. The molecule has 0 unspecified atom stereocenters. The lowest BCUT2D eigenvalue weighted by molar-refractivity contribution is -0.139. The van der Waals surface area contributed by atoms with Gasteiger partial charge in [-0.2, -0.15) is 0 Å². The molecule has 1 N–H and O–H groups in total. The van der Waals surface area contributed by atoms with Crippen LogP contribution in [0.1, 0.15) is 12.0 Å². The molecule has 1 aliphatic carbocycles. The Morgan fingerprint density at radius 2 is 2.36 bits per heavy atom. The summed E-state index contributed by atoms with van der Waals surface area (Å²) in [5.41, 5.74) is -1.35. The van der Waals surface area contributed by atoms with Gasteiger partial charge in [-0.1, -0.05) is 23.7 Å². The number of hydrogen-bond acceptors (Lipinski definition) is 1. The molecule has 0 aromatic heterocycles. The van der Waals surface area contributed by atoms with Gasteiger partial charge in [0.05, 0.1) is 5.92 Å². The van der Waals surface area contributed by atoms with Crippen LogP contribution in [0.3, 0.4) is 0 Å². The minimum absolute atomic E-state index is 0.0443. The number of carboxylic acid groups (broad SMARTS) is 1. The monoisotopic (exact) mass is 214 g/mol. The Labute approximate surface area is 85.3 Å². The Bertz CT molecular complexity index is 393. The third kappa shape index (κ3) is 1.38. The van der Waals surface area contributed by atoms with Crippen molar-refractivity contribution in [2.45, 2.75) is 12.1 Å². The van der Waals surface area contributed by atoms with E-state index in [1.807, 2.05) is 0 Å². The van der Waals surface area contributed by atoms with E-state index in [0.29, 0.717) is 10.6 Å². The quantitative estimate of drug-likeness (QED) is 0.822. The molecule has 1 aromatic carbocycles. The van der Waals surface area contributed by atoms with Crippen LogP contribution in [0.4, 0.5) is 4.39 Å². The zero-order chi connectivity index (χ0) is 10.3. The van der Waals surface area contributed by atoms with E-state index in [1.54, 1.807) is 18.2 Å². The molecule has 0 saturated heterocycles. The molecule has 14 heavy (non-hydrogen) atoms. The van der Waals surface area contributed by atoms with Crippen molar-refractivity contribution in [1.82, 2.24) is 0 Å². The topological polar surface area (TPSA) is 37.3 Å². The van der Waals surface area contributed by atoms with E-state index >= 15 is 0 Å². The first-order valence-corrected chi connectivity index (χ1v) is 4.59. The zero-order valence-corrected chi connectivity index (χ0v) is 7.96. The average Bonchev–Trinajstić information content (AvgIpc) is 2.80. The third-order valence-corrected chi connectivity index (χ3v) is 2.73. The fourth-order valence-corrected chi connectivity index (χ4v) is 1.78. The van der Waals surface area contributed by atoms with Crippen LogP contribution < -0.4 is 0 Å². The standard InChI is InChI=1S/C10H8ClFO2/c11-7-3-1-2-6(4-7)10(12)5-8(10)9(13)14/h1-4,8H,5H2,(H,13,14)/t8-,10-/m0/s1. The second kappa shape index (κ2) is 2.95. The molecular formula is C10H8ClFO2. The molecule has 1 aromatic rings. The Kier molecular flexibility index (Phi) is 2.00. The van der Waals surface area contributed by atoms with Gasteiger partial charge in [0, 0.05) is 11.4 Å². The van der Waals surface area contributed by atoms with Crippen molar-refractivity contribution < 1.29 is 14.3 Å². The molecule has 0 heterocycles. The average molecular weight is 215 g/mol. The maximum atomic E-state index is 13.9. The largest absolute Gasteiger partial charge is 0.481 e. The van der Waals surface area contributed by atoms with E-state index in [9.17, 15) is 9.18 Å². The number of aliphatic carboxylic acids is 1. The van der Waals surface area contributed by atoms with Gasteiger partial charge in [-0.25, -0.2) is 4.39 Å². The third-order valence-electron chi connectivity index (χ3n) is 2.50. The molecule has 0 amide bonds. The van der Waals surface area contributed by atoms with E-state index < -0.39 is 17.6 Å².